The third kappa shape index (κ3) is 5.00. The molecule has 1 aromatic carbocycles. The zero-order valence-electron chi connectivity index (χ0n) is 16.8. The number of amides is 1. The van der Waals surface area contributed by atoms with Gasteiger partial charge in [-0.3, -0.25) is 9.48 Å². The zero-order valence-corrected chi connectivity index (χ0v) is 19.1. The summed E-state index contributed by atoms with van der Waals surface area (Å²) in [7, 11) is 0. The van der Waals surface area contributed by atoms with Crippen molar-refractivity contribution in [2.45, 2.75) is 27.1 Å². The van der Waals surface area contributed by atoms with E-state index in [1.807, 2.05) is 38.1 Å². The Hall–Kier alpha value is -3.04. The van der Waals surface area contributed by atoms with E-state index in [0.717, 1.165) is 21.6 Å². The molecule has 0 aliphatic heterocycles. The largest absolute Gasteiger partial charge is 0.471 e. The molecule has 4 rings (SSSR count). The number of anilines is 1. The Morgan fingerprint density at radius 1 is 1.23 bits per heavy atom. The standard InChI is InChI=1S/C21H19BrClN5O3/c1-13-20(23)14(2)28(26-13)11-18-7-8-19(31-18)21(29)25-16-9-24-27(10-16)12-30-17-5-3-15(22)4-6-17/h3-10H,11-12H2,1-2H3,(H,25,29). The van der Waals surface area contributed by atoms with Gasteiger partial charge in [-0.05, 0) is 50.2 Å². The molecule has 31 heavy (non-hydrogen) atoms. The third-order valence-corrected chi connectivity index (χ3v) is 5.63. The average Bonchev–Trinajstić information content (AvgIpc) is 3.46. The molecule has 3 heterocycles. The van der Waals surface area contributed by atoms with Gasteiger partial charge < -0.3 is 14.5 Å². The number of rotatable bonds is 7. The molecule has 10 heteroatoms. The van der Waals surface area contributed by atoms with Gasteiger partial charge in [0.1, 0.15) is 11.5 Å². The number of ether oxygens (including phenoxy) is 1. The third-order valence-electron chi connectivity index (χ3n) is 4.55. The van der Waals surface area contributed by atoms with Gasteiger partial charge in [0.15, 0.2) is 12.5 Å². The van der Waals surface area contributed by atoms with Crippen molar-refractivity contribution in [3.63, 3.8) is 0 Å². The van der Waals surface area contributed by atoms with Gasteiger partial charge in [-0.2, -0.15) is 10.2 Å². The van der Waals surface area contributed by atoms with Crippen LogP contribution in [-0.2, 0) is 13.3 Å². The van der Waals surface area contributed by atoms with Crippen molar-refractivity contribution in [1.29, 1.82) is 0 Å². The van der Waals surface area contributed by atoms with Gasteiger partial charge in [-0.15, -0.1) is 0 Å². The highest BCUT2D eigenvalue weighted by Gasteiger charge is 2.15. The van der Waals surface area contributed by atoms with E-state index in [1.165, 1.54) is 0 Å². The Labute approximate surface area is 191 Å². The first-order valence-electron chi connectivity index (χ1n) is 9.39. The van der Waals surface area contributed by atoms with Crippen molar-refractivity contribution >= 4 is 39.1 Å². The molecule has 0 bridgehead atoms. The summed E-state index contributed by atoms with van der Waals surface area (Å²) < 4.78 is 15.6. The predicted molar refractivity (Wildman–Crippen MR) is 119 cm³/mol. The second kappa shape index (κ2) is 8.99. The number of carbonyl (C=O) groups is 1. The van der Waals surface area contributed by atoms with Gasteiger partial charge in [0.25, 0.3) is 5.91 Å². The molecular formula is C21H19BrClN5O3. The SMILES string of the molecule is Cc1nn(Cc2ccc(C(=O)Nc3cnn(COc4ccc(Br)cc4)c3)o2)c(C)c1Cl. The molecule has 1 amide bonds. The molecule has 0 radical (unpaired) electrons. The number of nitrogens with one attached hydrogen (secondary N) is 1. The van der Waals surface area contributed by atoms with Crippen LogP contribution in [-0.4, -0.2) is 25.5 Å². The van der Waals surface area contributed by atoms with Gasteiger partial charge >= 0.3 is 0 Å². The molecule has 3 aromatic heterocycles. The molecular weight excluding hydrogens is 486 g/mol. The lowest BCUT2D eigenvalue weighted by atomic mass is 10.3. The Morgan fingerprint density at radius 3 is 2.71 bits per heavy atom. The van der Waals surface area contributed by atoms with Crippen molar-refractivity contribution in [2.24, 2.45) is 0 Å². The lowest BCUT2D eigenvalue weighted by Gasteiger charge is -2.05. The monoisotopic (exact) mass is 503 g/mol. The summed E-state index contributed by atoms with van der Waals surface area (Å²) in [6, 6.07) is 10.9. The second-order valence-corrected chi connectivity index (χ2v) is 8.15. The lowest BCUT2D eigenvalue weighted by Crippen LogP contribution is -2.10. The Kier molecular flexibility index (Phi) is 6.15. The minimum Gasteiger partial charge on any atom is -0.471 e. The maximum absolute atomic E-state index is 12.5. The maximum Gasteiger partial charge on any atom is 0.291 e. The van der Waals surface area contributed by atoms with Crippen LogP contribution in [0.2, 0.25) is 5.02 Å². The van der Waals surface area contributed by atoms with Gasteiger partial charge in [-0.25, -0.2) is 4.68 Å². The molecule has 4 aromatic rings. The number of carbonyl (C=O) groups excluding carboxylic acids is 1. The van der Waals surface area contributed by atoms with Crippen LogP contribution < -0.4 is 10.1 Å². The normalized spacial score (nSPS) is 11.0. The number of aryl methyl sites for hydroxylation is 1. The molecule has 8 nitrogen and oxygen atoms in total. The van der Waals surface area contributed by atoms with Crippen LogP contribution in [0.4, 0.5) is 5.69 Å². The molecule has 0 saturated heterocycles. The van der Waals surface area contributed by atoms with E-state index < -0.39 is 0 Å². The highest BCUT2D eigenvalue weighted by molar-refractivity contribution is 9.10. The first kappa shape index (κ1) is 21.2. The van der Waals surface area contributed by atoms with E-state index >= 15 is 0 Å². The minimum atomic E-state index is -0.369. The molecule has 0 spiro atoms. The van der Waals surface area contributed by atoms with Crippen LogP contribution in [0.1, 0.15) is 27.7 Å². The predicted octanol–water partition coefficient (Wildman–Crippen LogP) is 5.04. The summed E-state index contributed by atoms with van der Waals surface area (Å²) in [5, 5.41) is 12.0. The van der Waals surface area contributed by atoms with Gasteiger partial charge in [0, 0.05) is 4.47 Å². The smallest absolute Gasteiger partial charge is 0.291 e. The number of furan rings is 1. The molecule has 0 unspecified atom stereocenters. The average molecular weight is 505 g/mol. The highest BCUT2D eigenvalue weighted by atomic mass is 79.9. The highest BCUT2D eigenvalue weighted by Crippen LogP contribution is 2.21. The molecule has 0 saturated carbocycles. The van der Waals surface area contributed by atoms with Crippen molar-refractivity contribution in [3.8, 4) is 5.75 Å². The fourth-order valence-electron chi connectivity index (χ4n) is 2.92. The Bertz CT molecular complexity index is 1210. The molecule has 0 fully saturated rings. The number of hydrogen-bond acceptors (Lipinski definition) is 5. The second-order valence-electron chi connectivity index (χ2n) is 6.86. The van der Waals surface area contributed by atoms with E-state index in [0.29, 0.717) is 23.0 Å². The number of nitrogens with zero attached hydrogens (tertiary/aromatic N) is 4. The number of benzene rings is 1. The van der Waals surface area contributed by atoms with E-state index in [4.69, 9.17) is 20.8 Å². The topological polar surface area (TPSA) is 87.1 Å². The molecule has 160 valence electrons. The maximum atomic E-state index is 12.5. The zero-order chi connectivity index (χ0) is 22.0. The van der Waals surface area contributed by atoms with Crippen LogP contribution in [0, 0.1) is 13.8 Å². The van der Waals surface area contributed by atoms with Gasteiger partial charge in [-0.1, -0.05) is 27.5 Å². The first-order chi connectivity index (χ1) is 14.9. The van der Waals surface area contributed by atoms with Gasteiger partial charge in [0.2, 0.25) is 0 Å². The number of hydrogen-bond donors (Lipinski definition) is 1. The van der Waals surface area contributed by atoms with Crippen LogP contribution >= 0.6 is 27.5 Å². The van der Waals surface area contributed by atoms with Crippen molar-refractivity contribution in [1.82, 2.24) is 19.6 Å². The number of halogens is 2. The summed E-state index contributed by atoms with van der Waals surface area (Å²) in [6.07, 6.45) is 3.23. The minimum absolute atomic E-state index is 0.196. The van der Waals surface area contributed by atoms with E-state index in [-0.39, 0.29) is 18.4 Å². The molecule has 0 aliphatic carbocycles. The van der Waals surface area contributed by atoms with Crippen LogP contribution in [0.3, 0.4) is 0 Å². The van der Waals surface area contributed by atoms with Gasteiger partial charge in [0.05, 0.1) is 41.0 Å². The number of aromatic nitrogens is 4. The Balaban J connectivity index is 1.34. The lowest BCUT2D eigenvalue weighted by molar-refractivity contribution is 0.0994. The van der Waals surface area contributed by atoms with Crippen LogP contribution in [0.25, 0.3) is 0 Å². The van der Waals surface area contributed by atoms with Crippen LogP contribution in [0.5, 0.6) is 5.75 Å². The summed E-state index contributed by atoms with van der Waals surface area (Å²) in [5.41, 5.74) is 2.14. The van der Waals surface area contributed by atoms with Crippen molar-refractivity contribution < 1.29 is 13.9 Å². The molecule has 0 atom stereocenters. The fourth-order valence-corrected chi connectivity index (χ4v) is 3.32. The summed E-state index contributed by atoms with van der Waals surface area (Å²) in [4.78, 5) is 12.5. The van der Waals surface area contributed by atoms with E-state index in [1.54, 1.807) is 33.9 Å². The Morgan fingerprint density at radius 2 is 2.00 bits per heavy atom. The molecule has 1 N–H and O–H groups in total. The molecule has 0 aliphatic rings. The van der Waals surface area contributed by atoms with E-state index in [9.17, 15) is 4.79 Å². The van der Waals surface area contributed by atoms with E-state index in [2.05, 4.69) is 31.4 Å². The fraction of sp³-hybridized carbons (Fsp3) is 0.190. The van der Waals surface area contributed by atoms with Crippen molar-refractivity contribution in [2.75, 3.05) is 5.32 Å². The first-order valence-corrected chi connectivity index (χ1v) is 10.6. The van der Waals surface area contributed by atoms with Crippen molar-refractivity contribution in [3.05, 3.63) is 81.2 Å². The summed E-state index contributed by atoms with van der Waals surface area (Å²) in [5.74, 6) is 1.15. The summed E-state index contributed by atoms with van der Waals surface area (Å²) >= 11 is 9.56. The summed E-state index contributed by atoms with van der Waals surface area (Å²) in [6.45, 7) is 4.33. The quantitative estimate of drug-likeness (QED) is 0.381. The van der Waals surface area contributed by atoms with Crippen LogP contribution in [0.15, 0.2) is 57.7 Å².